The van der Waals surface area contributed by atoms with Crippen molar-refractivity contribution in [3.8, 4) is 0 Å². The lowest BCUT2D eigenvalue weighted by Gasteiger charge is -2.25. The summed E-state index contributed by atoms with van der Waals surface area (Å²) < 4.78 is 80.4. The van der Waals surface area contributed by atoms with E-state index < -0.39 is 35.9 Å². The maximum atomic E-state index is 13.5. The Labute approximate surface area is 223 Å². The van der Waals surface area contributed by atoms with Gasteiger partial charge in [0, 0.05) is 21.9 Å². The van der Waals surface area contributed by atoms with E-state index in [0.717, 1.165) is 0 Å². The molecular formula is C20H20F6I2N4OS. The first-order valence-corrected chi connectivity index (χ1v) is 14.0. The molecule has 188 valence electrons. The van der Waals surface area contributed by atoms with E-state index in [1.807, 2.05) is 45.2 Å². The maximum absolute atomic E-state index is 13.5. The van der Waals surface area contributed by atoms with Crippen LogP contribution in [0.1, 0.15) is 44.9 Å². The molecule has 5 nitrogen and oxygen atoms in total. The van der Waals surface area contributed by atoms with Crippen LogP contribution in [0.2, 0.25) is 0 Å². The zero-order valence-corrected chi connectivity index (χ0v) is 22.9. The molecule has 0 saturated carbocycles. The van der Waals surface area contributed by atoms with E-state index >= 15 is 0 Å². The van der Waals surface area contributed by atoms with Gasteiger partial charge in [-0.3, -0.25) is 4.79 Å². The third kappa shape index (κ3) is 7.56. The lowest BCUT2D eigenvalue weighted by molar-refractivity contribution is -0.143. The largest absolute Gasteiger partial charge is 0.416 e. The van der Waals surface area contributed by atoms with Crippen LogP contribution in [0.5, 0.6) is 0 Å². The van der Waals surface area contributed by atoms with Gasteiger partial charge in [-0.05, 0) is 43.0 Å². The smallest absolute Gasteiger partial charge is 0.334 e. The van der Waals surface area contributed by atoms with Crippen molar-refractivity contribution in [2.75, 3.05) is 19.3 Å². The summed E-state index contributed by atoms with van der Waals surface area (Å²) in [6.07, 6.45) is -7.87. The number of nitrogens with zero attached hydrogens (tertiary/aromatic N) is 3. The Bertz CT molecular complexity index is 962. The summed E-state index contributed by atoms with van der Waals surface area (Å²) in [4.78, 5) is 23.5. The van der Waals surface area contributed by atoms with Gasteiger partial charge < -0.3 is 10.6 Å². The molecule has 1 amide bonds. The number of rotatable bonds is 9. The molecule has 0 aliphatic heterocycles. The second-order valence-corrected chi connectivity index (χ2v) is 9.33. The number of nitrogens with two attached hydrogens (primary N) is 1. The van der Waals surface area contributed by atoms with Crippen LogP contribution in [0.15, 0.2) is 23.4 Å². The predicted molar refractivity (Wildman–Crippen MR) is 134 cm³/mol. The van der Waals surface area contributed by atoms with Crippen LogP contribution in [0.25, 0.3) is 0 Å². The van der Waals surface area contributed by atoms with Crippen molar-refractivity contribution in [2.24, 2.45) is 5.73 Å². The topological polar surface area (TPSA) is 72.1 Å². The summed E-state index contributed by atoms with van der Waals surface area (Å²) >= 11 is 5.37. The van der Waals surface area contributed by atoms with Crippen molar-refractivity contribution in [2.45, 2.75) is 39.3 Å². The molecule has 2 aromatic rings. The summed E-state index contributed by atoms with van der Waals surface area (Å²) in [5.41, 5.74) is 3.52. The van der Waals surface area contributed by atoms with Gasteiger partial charge in [0.1, 0.15) is 0 Å². The van der Waals surface area contributed by atoms with Gasteiger partial charge in [0.05, 0.1) is 28.1 Å². The highest BCUT2D eigenvalue weighted by molar-refractivity contribution is 14.1. The summed E-state index contributed by atoms with van der Waals surface area (Å²) in [5, 5.41) is 0.469. The molecule has 2 rings (SSSR count). The summed E-state index contributed by atoms with van der Waals surface area (Å²) in [6, 6.07) is 1.32. The number of halogens is 8. The second kappa shape index (κ2) is 12.4. The monoisotopic (exact) mass is 732 g/mol. The first-order valence-electron chi connectivity index (χ1n) is 9.69. The van der Waals surface area contributed by atoms with Gasteiger partial charge in [0.2, 0.25) is 0 Å². The summed E-state index contributed by atoms with van der Waals surface area (Å²) in [5.74, 6) is -0.564. The van der Waals surface area contributed by atoms with Crippen LogP contribution in [0.3, 0.4) is 0 Å². The van der Waals surface area contributed by atoms with Gasteiger partial charge in [0.15, 0.2) is 5.16 Å². The van der Waals surface area contributed by atoms with Gasteiger partial charge in [-0.25, -0.2) is 9.97 Å². The molecule has 14 heteroatoms. The summed E-state index contributed by atoms with van der Waals surface area (Å²) in [7, 11) is 0. The minimum atomic E-state index is -4.98. The van der Waals surface area contributed by atoms with Crippen LogP contribution in [0.4, 0.5) is 26.3 Å². The maximum Gasteiger partial charge on any atom is 0.416 e. The zero-order chi connectivity index (χ0) is 25.7. The highest BCUT2D eigenvalue weighted by atomic mass is 127. The van der Waals surface area contributed by atoms with Crippen LogP contribution in [-0.4, -0.2) is 40.1 Å². The number of hydrogen-bond donors (Lipinski definition) is 1. The highest BCUT2D eigenvalue weighted by Gasteiger charge is 2.37. The Balaban J connectivity index is 2.58. The van der Waals surface area contributed by atoms with E-state index in [0.29, 0.717) is 44.0 Å². The molecule has 1 aromatic carbocycles. The van der Waals surface area contributed by atoms with Crippen molar-refractivity contribution < 1.29 is 31.1 Å². The molecule has 1 aromatic heterocycles. The standard InChI is InChI=1S/C20H20F6I2N4OS/c1-34-18-30-14(8-27)16(15(9-28)31-18)17(33)32(4-2-3-29)10-11-5-12(19(21,22)23)7-13(6-11)20(24,25)26/h5-7H,2-4,8-10,29H2,1H3. The number of carbonyl (C=O) groups excluding carboxylic acids is 1. The Morgan fingerprint density at radius 3 is 1.88 bits per heavy atom. The van der Waals surface area contributed by atoms with E-state index in [-0.39, 0.29) is 30.3 Å². The van der Waals surface area contributed by atoms with Crippen molar-refractivity contribution in [3.05, 3.63) is 51.8 Å². The van der Waals surface area contributed by atoms with E-state index in [4.69, 9.17) is 5.73 Å². The average Bonchev–Trinajstić information content (AvgIpc) is 2.78. The molecule has 0 unspecified atom stereocenters. The zero-order valence-electron chi connectivity index (χ0n) is 17.7. The first-order chi connectivity index (χ1) is 15.8. The fraction of sp³-hybridized carbons (Fsp3) is 0.450. The molecule has 0 aliphatic carbocycles. The molecule has 2 N–H and O–H groups in total. The number of benzene rings is 1. The fourth-order valence-corrected chi connectivity index (χ4v) is 4.60. The minimum absolute atomic E-state index is 0.0403. The number of thioether (sulfide) groups is 1. The summed E-state index contributed by atoms with van der Waals surface area (Å²) in [6.45, 7) is -0.240. The van der Waals surface area contributed by atoms with Gasteiger partial charge in [-0.15, -0.1) is 0 Å². The number of hydrogen-bond acceptors (Lipinski definition) is 5. The molecule has 0 atom stereocenters. The minimum Gasteiger partial charge on any atom is -0.334 e. The quantitative estimate of drug-likeness (QED) is 0.111. The predicted octanol–water partition coefficient (Wildman–Crippen LogP) is 6.10. The lowest BCUT2D eigenvalue weighted by Crippen LogP contribution is -2.34. The molecule has 34 heavy (non-hydrogen) atoms. The highest BCUT2D eigenvalue weighted by Crippen LogP contribution is 2.36. The number of aromatic nitrogens is 2. The van der Waals surface area contributed by atoms with Crippen LogP contribution < -0.4 is 5.73 Å². The second-order valence-electron chi connectivity index (χ2n) is 7.03. The van der Waals surface area contributed by atoms with E-state index in [1.54, 1.807) is 6.26 Å². The number of alkyl halides is 8. The first kappa shape index (κ1) is 29.4. The van der Waals surface area contributed by atoms with Crippen LogP contribution in [-0.2, 0) is 27.8 Å². The molecule has 0 radical (unpaired) electrons. The third-order valence-corrected chi connectivity index (χ3v) is 6.62. The lowest BCUT2D eigenvalue weighted by atomic mass is 10.0. The van der Waals surface area contributed by atoms with Crippen molar-refractivity contribution in [1.29, 1.82) is 0 Å². The third-order valence-electron chi connectivity index (χ3n) is 4.63. The van der Waals surface area contributed by atoms with E-state index in [9.17, 15) is 31.1 Å². The van der Waals surface area contributed by atoms with Gasteiger partial charge in [-0.1, -0.05) is 56.9 Å². The molecule has 1 heterocycles. The van der Waals surface area contributed by atoms with Crippen LogP contribution >= 0.6 is 56.9 Å². The Morgan fingerprint density at radius 1 is 1.00 bits per heavy atom. The van der Waals surface area contributed by atoms with Gasteiger partial charge in [-0.2, -0.15) is 26.3 Å². The number of amides is 1. The molecular weight excluding hydrogens is 712 g/mol. The molecule has 0 aliphatic rings. The average molecular weight is 732 g/mol. The van der Waals surface area contributed by atoms with Gasteiger partial charge >= 0.3 is 12.4 Å². The van der Waals surface area contributed by atoms with Crippen molar-refractivity contribution in [1.82, 2.24) is 14.9 Å². The van der Waals surface area contributed by atoms with Crippen molar-refractivity contribution in [3.63, 3.8) is 0 Å². The number of carbonyl (C=O) groups is 1. The Kier molecular flexibility index (Phi) is 10.7. The Hall–Kier alpha value is -0.880. The molecule has 0 saturated heterocycles. The normalized spacial score (nSPS) is 12.2. The van der Waals surface area contributed by atoms with Crippen LogP contribution in [0, 0.1) is 0 Å². The van der Waals surface area contributed by atoms with E-state index in [1.165, 1.54) is 16.7 Å². The fourth-order valence-electron chi connectivity index (χ4n) is 3.09. The molecule has 0 fully saturated rings. The van der Waals surface area contributed by atoms with E-state index in [2.05, 4.69) is 9.97 Å². The van der Waals surface area contributed by atoms with Crippen molar-refractivity contribution >= 4 is 62.9 Å². The SMILES string of the molecule is CSc1nc(CI)c(C(=O)N(CCCN)Cc2cc(C(F)(F)F)cc(C(F)(F)F)c2)c(CI)n1. The Morgan fingerprint density at radius 2 is 1.50 bits per heavy atom. The molecule has 0 spiro atoms. The van der Waals surface area contributed by atoms with Gasteiger partial charge in [0.25, 0.3) is 5.91 Å². The molecule has 0 bridgehead atoms.